The third kappa shape index (κ3) is 2.70. The second kappa shape index (κ2) is 7.20. The van der Waals surface area contributed by atoms with E-state index in [9.17, 15) is 19.8 Å². The van der Waals surface area contributed by atoms with E-state index in [0.717, 1.165) is 25.7 Å². The molecule has 11 atom stereocenters. The summed E-state index contributed by atoms with van der Waals surface area (Å²) in [5.41, 5.74) is -0.124. The topological polar surface area (TPSA) is 74.6 Å². The molecule has 0 aliphatic heterocycles. The summed E-state index contributed by atoms with van der Waals surface area (Å²) in [4.78, 5) is 26.7. The maximum Gasteiger partial charge on any atom is 0.312 e. The van der Waals surface area contributed by atoms with Crippen LogP contribution in [0.3, 0.4) is 0 Å². The van der Waals surface area contributed by atoms with E-state index < -0.39 is 22.9 Å². The number of carbonyl (C=O) groups excluding carboxylic acids is 1. The number of allylic oxidation sites excluding steroid dienone is 2. The number of carboxylic acids is 1. The molecule has 0 aromatic rings. The maximum absolute atomic E-state index is 14.2. The first-order chi connectivity index (χ1) is 15.7. The monoisotopic (exact) mass is 470 g/mol. The van der Waals surface area contributed by atoms with E-state index >= 15 is 0 Å². The molecule has 0 saturated heterocycles. The van der Waals surface area contributed by atoms with Crippen LogP contribution >= 0.6 is 0 Å². The van der Waals surface area contributed by atoms with Crippen LogP contribution in [0, 0.1) is 56.7 Å². The lowest BCUT2D eigenvalue weighted by Crippen LogP contribution is -2.68. The largest absolute Gasteiger partial charge is 0.481 e. The van der Waals surface area contributed by atoms with Gasteiger partial charge in [-0.25, -0.2) is 0 Å². The van der Waals surface area contributed by atoms with Gasteiger partial charge in [-0.2, -0.15) is 0 Å². The second-order valence-corrected chi connectivity index (χ2v) is 14.4. The number of ketones is 1. The smallest absolute Gasteiger partial charge is 0.312 e. The lowest BCUT2D eigenvalue weighted by molar-refractivity contribution is -0.215. The fourth-order valence-corrected chi connectivity index (χ4v) is 10.7. The number of fused-ring (bicyclic) bond motifs is 7. The fraction of sp³-hybridized carbons (Fsp3) is 0.867. The van der Waals surface area contributed by atoms with Crippen LogP contribution in [-0.4, -0.2) is 28.1 Å². The number of aliphatic hydroxyl groups is 1. The average Bonchev–Trinajstić information content (AvgIpc) is 2.75. The van der Waals surface area contributed by atoms with E-state index in [1.165, 1.54) is 24.8 Å². The fourth-order valence-electron chi connectivity index (χ4n) is 10.7. The van der Waals surface area contributed by atoms with Gasteiger partial charge in [-0.3, -0.25) is 9.59 Å². The molecule has 4 fully saturated rings. The van der Waals surface area contributed by atoms with Crippen molar-refractivity contribution in [3.05, 3.63) is 11.6 Å². The van der Waals surface area contributed by atoms with Gasteiger partial charge >= 0.3 is 5.97 Å². The zero-order valence-electron chi connectivity index (χ0n) is 22.4. The molecule has 5 aliphatic carbocycles. The second-order valence-electron chi connectivity index (χ2n) is 14.4. The maximum atomic E-state index is 14.2. The predicted molar refractivity (Wildman–Crippen MR) is 133 cm³/mol. The lowest BCUT2D eigenvalue weighted by atomic mass is 9.33. The van der Waals surface area contributed by atoms with E-state index in [2.05, 4.69) is 47.6 Å². The van der Waals surface area contributed by atoms with Crippen molar-refractivity contribution in [2.24, 2.45) is 56.7 Å². The third-order valence-electron chi connectivity index (χ3n) is 13.2. The standard InChI is InChI=1S/C30H46O4/c1-17-8-11-26(3)14-15-28(5)19(23(26)18(17)2)16-20(31)24-27(4)12-10-22(32)30(7,25(33)34)21(27)9-13-29(24,28)6/h16-18,21-24,32H,8-15H2,1-7H3,(H,33,34)/t17-,18+,21-,22-,23?,24-,26-,27+,28-,29-,30-/m1/s1. The van der Waals surface area contributed by atoms with E-state index in [1.807, 2.05) is 0 Å². The van der Waals surface area contributed by atoms with Crippen LogP contribution in [-0.2, 0) is 9.59 Å². The molecule has 190 valence electrons. The Labute approximate surface area is 206 Å². The Morgan fingerprint density at radius 3 is 2.26 bits per heavy atom. The molecule has 0 aromatic heterocycles. The molecular weight excluding hydrogens is 424 g/mol. The van der Waals surface area contributed by atoms with E-state index in [4.69, 9.17) is 0 Å². The molecule has 0 heterocycles. The molecule has 0 bridgehead atoms. The van der Waals surface area contributed by atoms with Crippen LogP contribution in [0.15, 0.2) is 11.6 Å². The van der Waals surface area contributed by atoms with Gasteiger partial charge < -0.3 is 10.2 Å². The first-order valence-corrected chi connectivity index (χ1v) is 13.8. The van der Waals surface area contributed by atoms with Crippen molar-refractivity contribution in [1.29, 1.82) is 0 Å². The quantitative estimate of drug-likeness (QED) is 0.474. The van der Waals surface area contributed by atoms with Crippen LogP contribution < -0.4 is 0 Å². The summed E-state index contributed by atoms with van der Waals surface area (Å²) in [6.45, 7) is 16.0. The van der Waals surface area contributed by atoms with Gasteiger partial charge in [0.2, 0.25) is 0 Å². The van der Waals surface area contributed by atoms with E-state index in [-0.39, 0.29) is 33.9 Å². The molecule has 5 rings (SSSR count). The lowest BCUT2D eigenvalue weighted by Gasteiger charge is -2.70. The van der Waals surface area contributed by atoms with Gasteiger partial charge in [0.25, 0.3) is 0 Å². The Bertz CT molecular complexity index is 953. The van der Waals surface area contributed by atoms with Gasteiger partial charge in [0, 0.05) is 5.92 Å². The Hall–Kier alpha value is -1.16. The molecule has 1 unspecified atom stereocenters. The summed E-state index contributed by atoms with van der Waals surface area (Å²) in [6.07, 6.45) is 8.89. The number of carbonyl (C=O) groups is 2. The van der Waals surface area contributed by atoms with Crippen molar-refractivity contribution in [2.75, 3.05) is 0 Å². The highest BCUT2D eigenvalue weighted by Gasteiger charge is 2.71. The van der Waals surface area contributed by atoms with Gasteiger partial charge in [0.05, 0.1) is 11.5 Å². The van der Waals surface area contributed by atoms with Crippen molar-refractivity contribution in [1.82, 2.24) is 0 Å². The Morgan fingerprint density at radius 2 is 1.62 bits per heavy atom. The van der Waals surface area contributed by atoms with Gasteiger partial charge in [0.1, 0.15) is 0 Å². The van der Waals surface area contributed by atoms with Crippen molar-refractivity contribution in [3.63, 3.8) is 0 Å². The van der Waals surface area contributed by atoms with Crippen molar-refractivity contribution >= 4 is 11.8 Å². The molecule has 2 N–H and O–H groups in total. The summed E-state index contributed by atoms with van der Waals surface area (Å²) in [7, 11) is 0. The Balaban J connectivity index is 1.65. The molecular formula is C30H46O4. The highest BCUT2D eigenvalue weighted by molar-refractivity contribution is 5.96. The molecule has 4 heteroatoms. The van der Waals surface area contributed by atoms with Gasteiger partial charge in [-0.1, -0.05) is 47.1 Å². The van der Waals surface area contributed by atoms with Crippen LogP contribution in [0.2, 0.25) is 0 Å². The highest BCUT2D eigenvalue weighted by atomic mass is 16.4. The summed E-state index contributed by atoms with van der Waals surface area (Å²) in [5.74, 6) is 0.656. The molecule has 34 heavy (non-hydrogen) atoms. The molecule has 0 radical (unpaired) electrons. The van der Waals surface area contributed by atoms with Crippen molar-refractivity contribution in [2.45, 2.75) is 106 Å². The first kappa shape index (κ1) is 24.5. The summed E-state index contributed by atoms with van der Waals surface area (Å²) in [5, 5.41) is 21.1. The van der Waals surface area contributed by atoms with Crippen molar-refractivity contribution in [3.8, 4) is 0 Å². The normalized spacial score (nSPS) is 56.9. The minimum Gasteiger partial charge on any atom is -0.481 e. The number of aliphatic hydroxyl groups excluding tert-OH is 1. The van der Waals surface area contributed by atoms with E-state index in [0.29, 0.717) is 24.2 Å². The van der Waals surface area contributed by atoms with Gasteiger partial charge in [-0.05, 0) is 110 Å². The molecule has 4 nitrogen and oxygen atoms in total. The summed E-state index contributed by atoms with van der Waals surface area (Å²) >= 11 is 0. The summed E-state index contributed by atoms with van der Waals surface area (Å²) in [6, 6.07) is 0. The number of rotatable bonds is 1. The van der Waals surface area contributed by atoms with Crippen LogP contribution in [0.1, 0.15) is 99.8 Å². The zero-order chi connectivity index (χ0) is 25.1. The SMILES string of the molecule is C[C@@H]1CC[C@]2(C)CC[C@]3(C)C(=CC(=O)[C@@H]4[C@@]5(C)CC[C@@H](O)[C@](C)(C(=O)O)[C@@H]5CC[C@]43C)C2[C@H]1C. The van der Waals surface area contributed by atoms with Crippen LogP contribution in [0.25, 0.3) is 0 Å². The Kier molecular flexibility index (Phi) is 5.20. The van der Waals surface area contributed by atoms with Crippen LogP contribution in [0.5, 0.6) is 0 Å². The molecule has 0 aromatic carbocycles. The first-order valence-electron chi connectivity index (χ1n) is 13.8. The molecule has 4 saturated carbocycles. The summed E-state index contributed by atoms with van der Waals surface area (Å²) < 4.78 is 0. The minimum atomic E-state index is -1.20. The number of hydrogen-bond donors (Lipinski definition) is 2. The molecule has 0 spiro atoms. The third-order valence-corrected chi connectivity index (χ3v) is 13.2. The highest BCUT2D eigenvalue weighted by Crippen LogP contribution is 2.75. The Morgan fingerprint density at radius 1 is 0.941 bits per heavy atom. The van der Waals surface area contributed by atoms with E-state index in [1.54, 1.807) is 6.92 Å². The molecule has 0 amide bonds. The van der Waals surface area contributed by atoms with Crippen LogP contribution in [0.4, 0.5) is 0 Å². The minimum absolute atomic E-state index is 0.0370. The van der Waals surface area contributed by atoms with Gasteiger partial charge in [0.15, 0.2) is 5.78 Å². The van der Waals surface area contributed by atoms with Crippen molar-refractivity contribution < 1.29 is 19.8 Å². The number of aliphatic carboxylic acids is 1. The zero-order valence-corrected chi connectivity index (χ0v) is 22.4. The average molecular weight is 471 g/mol. The molecule has 5 aliphatic rings. The van der Waals surface area contributed by atoms with Gasteiger partial charge in [-0.15, -0.1) is 0 Å². The number of carboxylic acid groups (broad SMARTS) is 1. The predicted octanol–water partition coefficient (Wildman–Crippen LogP) is 6.27. The number of hydrogen-bond acceptors (Lipinski definition) is 3.